The predicted octanol–water partition coefficient (Wildman–Crippen LogP) is 3.11. The lowest BCUT2D eigenvalue weighted by Crippen LogP contribution is -2.30. The summed E-state index contributed by atoms with van der Waals surface area (Å²) in [5.74, 6) is 0.228. The summed E-state index contributed by atoms with van der Waals surface area (Å²) in [5, 5.41) is 2.84. The Labute approximate surface area is 154 Å². The third-order valence-electron chi connectivity index (χ3n) is 3.87. The van der Waals surface area contributed by atoms with Crippen LogP contribution < -0.4 is 14.4 Å². The second kappa shape index (κ2) is 7.78. The number of carbonyl (C=O) groups is 1. The minimum atomic E-state index is -3.32. The zero-order valence-electron chi connectivity index (χ0n) is 15.6. The van der Waals surface area contributed by atoms with Gasteiger partial charge >= 0.3 is 0 Å². The molecule has 6 nitrogen and oxygen atoms in total. The molecule has 0 spiro atoms. The Morgan fingerprint density at radius 1 is 1.08 bits per heavy atom. The first-order valence-corrected chi connectivity index (χ1v) is 10.0. The number of rotatable bonds is 6. The molecule has 0 saturated carbocycles. The molecule has 0 radical (unpaired) electrons. The van der Waals surface area contributed by atoms with Gasteiger partial charge in [0.1, 0.15) is 5.75 Å². The molecule has 1 atom stereocenters. The van der Waals surface area contributed by atoms with Crippen LogP contribution in [0.15, 0.2) is 42.5 Å². The molecule has 7 heteroatoms. The maximum absolute atomic E-state index is 12.3. The zero-order valence-corrected chi connectivity index (χ0v) is 16.4. The summed E-state index contributed by atoms with van der Waals surface area (Å²) in [6.07, 6.45) is 0.436. The average Bonchev–Trinajstić information content (AvgIpc) is 2.53. The fourth-order valence-corrected chi connectivity index (χ4v) is 2.98. The molecule has 0 unspecified atom stereocenters. The van der Waals surface area contributed by atoms with Gasteiger partial charge in [0.2, 0.25) is 10.0 Å². The highest BCUT2D eigenvalue weighted by Crippen LogP contribution is 2.21. The summed E-state index contributed by atoms with van der Waals surface area (Å²) in [5.41, 5.74) is 3.39. The van der Waals surface area contributed by atoms with Crippen LogP contribution in [0.3, 0.4) is 0 Å². The minimum Gasteiger partial charge on any atom is -0.481 e. The molecule has 0 saturated heterocycles. The molecule has 2 aromatic rings. The smallest absolute Gasteiger partial charge is 0.265 e. The molecule has 26 heavy (non-hydrogen) atoms. The number of hydrogen-bond donors (Lipinski definition) is 1. The summed E-state index contributed by atoms with van der Waals surface area (Å²) in [4.78, 5) is 12.3. The number of aryl methyl sites for hydroxylation is 2. The lowest BCUT2D eigenvalue weighted by atomic mass is 10.1. The Bertz CT molecular complexity index is 872. The lowest BCUT2D eigenvalue weighted by molar-refractivity contribution is -0.122. The second-order valence-corrected chi connectivity index (χ2v) is 8.36. The van der Waals surface area contributed by atoms with Crippen molar-refractivity contribution < 1.29 is 17.9 Å². The monoisotopic (exact) mass is 376 g/mol. The summed E-state index contributed by atoms with van der Waals surface area (Å²) in [7, 11) is -1.84. The molecule has 0 heterocycles. The van der Waals surface area contributed by atoms with Crippen molar-refractivity contribution in [1.29, 1.82) is 0 Å². The summed E-state index contributed by atoms with van der Waals surface area (Å²) in [6.45, 7) is 5.60. The first-order chi connectivity index (χ1) is 12.1. The standard InChI is InChI=1S/C19H24N2O4S/c1-13-10-14(2)12-16(11-13)20-19(22)15(3)25-18-8-6-17(7-9-18)21(4)26(5,23)24/h6-12,15H,1-5H3,(H,20,22)/t15-/m1/s1. The van der Waals surface area contributed by atoms with Crippen LogP contribution in [0, 0.1) is 13.8 Å². The van der Waals surface area contributed by atoms with Crippen LogP contribution >= 0.6 is 0 Å². The molecule has 0 fully saturated rings. The zero-order chi connectivity index (χ0) is 19.5. The molecular weight excluding hydrogens is 352 g/mol. The Hall–Kier alpha value is -2.54. The largest absolute Gasteiger partial charge is 0.481 e. The Morgan fingerprint density at radius 3 is 2.12 bits per heavy atom. The molecule has 0 aliphatic rings. The molecule has 0 aromatic heterocycles. The van der Waals surface area contributed by atoms with Gasteiger partial charge in [-0.2, -0.15) is 0 Å². The highest BCUT2D eigenvalue weighted by atomic mass is 32.2. The van der Waals surface area contributed by atoms with E-state index in [0.29, 0.717) is 11.4 Å². The number of amides is 1. The van der Waals surface area contributed by atoms with Gasteiger partial charge in [-0.15, -0.1) is 0 Å². The molecule has 2 rings (SSSR count). The first kappa shape index (κ1) is 19.8. The van der Waals surface area contributed by atoms with E-state index in [4.69, 9.17) is 4.74 Å². The van der Waals surface area contributed by atoms with E-state index in [1.54, 1.807) is 31.2 Å². The quantitative estimate of drug-likeness (QED) is 0.840. The molecule has 2 aromatic carbocycles. The summed E-state index contributed by atoms with van der Waals surface area (Å²) >= 11 is 0. The maximum atomic E-state index is 12.3. The van der Waals surface area contributed by atoms with Crippen molar-refractivity contribution in [1.82, 2.24) is 0 Å². The van der Waals surface area contributed by atoms with Crippen molar-refractivity contribution in [2.45, 2.75) is 26.9 Å². The molecule has 1 N–H and O–H groups in total. The Kier molecular flexibility index (Phi) is 5.92. The van der Waals surface area contributed by atoms with E-state index >= 15 is 0 Å². The van der Waals surface area contributed by atoms with E-state index in [2.05, 4.69) is 5.32 Å². The Balaban J connectivity index is 2.02. The van der Waals surface area contributed by atoms with E-state index in [-0.39, 0.29) is 5.91 Å². The van der Waals surface area contributed by atoms with Gasteiger partial charge in [0.25, 0.3) is 5.91 Å². The van der Waals surface area contributed by atoms with Gasteiger partial charge in [-0.3, -0.25) is 9.10 Å². The third-order valence-corrected chi connectivity index (χ3v) is 5.07. The first-order valence-electron chi connectivity index (χ1n) is 8.16. The van der Waals surface area contributed by atoms with Crippen LogP contribution in [-0.2, 0) is 14.8 Å². The van der Waals surface area contributed by atoms with Crippen LogP contribution in [0.25, 0.3) is 0 Å². The van der Waals surface area contributed by atoms with E-state index in [1.165, 1.54) is 11.4 Å². The molecule has 140 valence electrons. The fraction of sp³-hybridized carbons (Fsp3) is 0.316. The fourth-order valence-electron chi connectivity index (χ4n) is 2.47. The highest BCUT2D eigenvalue weighted by molar-refractivity contribution is 7.92. The van der Waals surface area contributed by atoms with Crippen LogP contribution in [0.1, 0.15) is 18.1 Å². The van der Waals surface area contributed by atoms with Crippen molar-refractivity contribution in [3.63, 3.8) is 0 Å². The predicted molar refractivity (Wildman–Crippen MR) is 104 cm³/mol. The van der Waals surface area contributed by atoms with E-state index < -0.39 is 16.1 Å². The number of nitrogens with zero attached hydrogens (tertiary/aromatic N) is 1. The van der Waals surface area contributed by atoms with Crippen molar-refractivity contribution in [2.75, 3.05) is 22.9 Å². The second-order valence-electron chi connectivity index (χ2n) is 6.35. The number of hydrogen-bond acceptors (Lipinski definition) is 4. The van der Waals surface area contributed by atoms with Crippen LogP contribution in [0.4, 0.5) is 11.4 Å². The third kappa shape index (κ3) is 5.23. The maximum Gasteiger partial charge on any atom is 0.265 e. The minimum absolute atomic E-state index is 0.257. The molecule has 0 aliphatic carbocycles. The van der Waals surface area contributed by atoms with Crippen LogP contribution in [0.5, 0.6) is 5.75 Å². The number of sulfonamides is 1. The molecule has 0 aliphatic heterocycles. The van der Waals surface area contributed by atoms with Crippen molar-refractivity contribution in [3.8, 4) is 5.75 Å². The van der Waals surface area contributed by atoms with E-state index in [9.17, 15) is 13.2 Å². The summed E-state index contributed by atoms with van der Waals surface area (Å²) < 4.78 is 29.9. The number of benzene rings is 2. The molecule has 0 bridgehead atoms. The Morgan fingerprint density at radius 2 is 1.62 bits per heavy atom. The normalized spacial score (nSPS) is 12.3. The van der Waals surface area contributed by atoms with Crippen molar-refractivity contribution >= 4 is 27.3 Å². The van der Waals surface area contributed by atoms with Gasteiger partial charge in [0.05, 0.1) is 11.9 Å². The average molecular weight is 376 g/mol. The van der Waals surface area contributed by atoms with Crippen LogP contribution in [0.2, 0.25) is 0 Å². The SMILES string of the molecule is Cc1cc(C)cc(NC(=O)[C@@H](C)Oc2ccc(N(C)S(C)(=O)=O)cc2)c1. The van der Waals surface area contributed by atoms with Gasteiger partial charge in [-0.1, -0.05) is 6.07 Å². The van der Waals surface area contributed by atoms with Gasteiger partial charge in [-0.25, -0.2) is 8.42 Å². The van der Waals surface area contributed by atoms with E-state index in [1.807, 2.05) is 32.0 Å². The van der Waals surface area contributed by atoms with Gasteiger partial charge in [0.15, 0.2) is 6.10 Å². The number of nitrogens with one attached hydrogen (secondary N) is 1. The van der Waals surface area contributed by atoms with Gasteiger partial charge in [0, 0.05) is 12.7 Å². The summed E-state index contributed by atoms with van der Waals surface area (Å²) in [6, 6.07) is 12.4. The van der Waals surface area contributed by atoms with Crippen molar-refractivity contribution in [2.24, 2.45) is 0 Å². The number of carbonyl (C=O) groups excluding carboxylic acids is 1. The molecular formula is C19H24N2O4S. The number of anilines is 2. The van der Waals surface area contributed by atoms with E-state index in [0.717, 1.165) is 23.1 Å². The lowest BCUT2D eigenvalue weighted by Gasteiger charge is -2.18. The highest BCUT2D eigenvalue weighted by Gasteiger charge is 2.16. The topological polar surface area (TPSA) is 75.7 Å². The van der Waals surface area contributed by atoms with Crippen LogP contribution in [-0.4, -0.2) is 33.7 Å². The van der Waals surface area contributed by atoms with Gasteiger partial charge < -0.3 is 10.1 Å². The molecule has 1 amide bonds. The number of ether oxygens (including phenoxy) is 1. The van der Waals surface area contributed by atoms with Crippen molar-refractivity contribution in [3.05, 3.63) is 53.6 Å². The van der Waals surface area contributed by atoms with Gasteiger partial charge in [-0.05, 0) is 68.3 Å².